The molecule has 3 aromatic rings. The van der Waals surface area contributed by atoms with E-state index < -0.39 is 12.0 Å². The molecule has 35 heavy (non-hydrogen) atoms. The van der Waals surface area contributed by atoms with Crippen LogP contribution in [0.2, 0.25) is 0 Å². The Bertz CT molecular complexity index is 1210. The molecule has 1 aliphatic heterocycles. The van der Waals surface area contributed by atoms with Crippen LogP contribution in [0.1, 0.15) is 41.9 Å². The van der Waals surface area contributed by atoms with Crippen LogP contribution in [0, 0.1) is 11.2 Å². The maximum atomic E-state index is 13.2. The van der Waals surface area contributed by atoms with Gasteiger partial charge in [0.1, 0.15) is 11.6 Å². The van der Waals surface area contributed by atoms with E-state index in [0.717, 1.165) is 55.7 Å². The molecular weight excluding hydrogens is 453 g/mol. The maximum absolute atomic E-state index is 13.2. The Labute approximate surface area is 201 Å². The number of rotatable bonds is 6. The number of carbonyl (C=O) groups is 2. The van der Waals surface area contributed by atoms with E-state index in [1.807, 2.05) is 12.1 Å². The minimum atomic E-state index is -0.702. The zero-order valence-electron chi connectivity index (χ0n) is 19.1. The van der Waals surface area contributed by atoms with Crippen molar-refractivity contribution in [2.24, 2.45) is 11.1 Å². The van der Waals surface area contributed by atoms with Crippen LogP contribution in [0.15, 0.2) is 53.2 Å². The zero-order chi connectivity index (χ0) is 24.4. The van der Waals surface area contributed by atoms with Crippen molar-refractivity contribution in [1.29, 1.82) is 0 Å². The second-order valence-electron chi connectivity index (χ2n) is 9.27. The molecule has 3 heterocycles. The number of halogens is 1. The van der Waals surface area contributed by atoms with Crippen LogP contribution in [0.3, 0.4) is 0 Å². The Morgan fingerprint density at radius 2 is 1.89 bits per heavy atom. The molecule has 1 spiro atoms. The number of piperidine rings is 1. The van der Waals surface area contributed by atoms with E-state index in [-0.39, 0.29) is 35.3 Å². The van der Waals surface area contributed by atoms with Gasteiger partial charge >= 0.3 is 6.09 Å². The highest BCUT2D eigenvalue weighted by Crippen LogP contribution is 2.49. The van der Waals surface area contributed by atoms with Gasteiger partial charge in [-0.1, -0.05) is 17.3 Å². The first-order valence-corrected chi connectivity index (χ1v) is 11.5. The first kappa shape index (κ1) is 22.8. The molecule has 2 aliphatic rings. The van der Waals surface area contributed by atoms with Gasteiger partial charge in [-0.05, 0) is 66.5 Å². The number of benzene rings is 1. The number of aromatic nitrogens is 2. The molecule has 1 saturated carbocycles. The van der Waals surface area contributed by atoms with Gasteiger partial charge in [0, 0.05) is 31.4 Å². The van der Waals surface area contributed by atoms with Crippen molar-refractivity contribution in [1.82, 2.24) is 15.5 Å². The minimum Gasteiger partial charge on any atom is -0.441 e. The molecule has 1 aliphatic carbocycles. The summed E-state index contributed by atoms with van der Waals surface area (Å²) in [4.78, 5) is 30.0. The van der Waals surface area contributed by atoms with E-state index in [2.05, 4.69) is 20.4 Å². The SMILES string of the molecule is NC(=O)c1cc(COC(=O)NC2CC3(CCN(c4cc(-c5ccc(F)cc5)ccn4)CC3)C2)on1. The lowest BCUT2D eigenvalue weighted by atomic mass is 9.60. The number of pyridine rings is 1. The Kier molecular flexibility index (Phi) is 6.10. The van der Waals surface area contributed by atoms with Crippen molar-refractivity contribution >= 4 is 17.8 Å². The highest BCUT2D eigenvalue weighted by atomic mass is 19.1. The quantitative estimate of drug-likeness (QED) is 0.553. The predicted octanol–water partition coefficient (Wildman–Crippen LogP) is 3.65. The predicted molar refractivity (Wildman–Crippen MR) is 125 cm³/mol. The van der Waals surface area contributed by atoms with Crippen LogP contribution in [0.5, 0.6) is 0 Å². The van der Waals surface area contributed by atoms with Crippen LogP contribution < -0.4 is 16.0 Å². The number of hydrogen-bond donors (Lipinski definition) is 2. The molecule has 182 valence electrons. The fraction of sp³-hybridized carbons (Fsp3) is 0.360. The van der Waals surface area contributed by atoms with E-state index >= 15 is 0 Å². The van der Waals surface area contributed by atoms with E-state index in [9.17, 15) is 14.0 Å². The van der Waals surface area contributed by atoms with Gasteiger partial charge < -0.3 is 25.2 Å². The molecule has 0 atom stereocenters. The fourth-order valence-corrected chi connectivity index (χ4v) is 4.96. The third-order valence-corrected chi connectivity index (χ3v) is 6.91. The van der Waals surface area contributed by atoms with Crippen LogP contribution in [0.4, 0.5) is 15.0 Å². The third kappa shape index (κ3) is 5.11. The Morgan fingerprint density at radius 3 is 2.57 bits per heavy atom. The van der Waals surface area contributed by atoms with E-state index in [4.69, 9.17) is 15.0 Å². The molecule has 5 rings (SSSR count). The van der Waals surface area contributed by atoms with Crippen LogP contribution >= 0.6 is 0 Å². The molecule has 1 saturated heterocycles. The number of primary amides is 1. The average Bonchev–Trinajstić information content (AvgIpc) is 3.32. The van der Waals surface area contributed by atoms with Gasteiger partial charge in [-0.15, -0.1) is 0 Å². The number of nitrogens with one attached hydrogen (secondary N) is 1. The maximum Gasteiger partial charge on any atom is 0.407 e. The Balaban J connectivity index is 1.08. The third-order valence-electron chi connectivity index (χ3n) is 6.91. The van der Waals surface area contributed by atoms with E-state index in [1.165, 1.54) is 18.2 Å². The summed E-state index contributed by atoms with van der Waals surface area (Å²) in [5.74, 6) is 0.223. The summed E-state index contributed by atoms with van der Waals surface area (Å²) >= 11 is 0. The Morgan fingerprint density at radius 1 is 1.14 bits per heavy atom. The van der Waals surface area contributed by atoms with Gasteiger partial charge in [0.25, 0.3) is 5.91 Å². The Hall–Kier alpha value is -3.95. The minimum absolute atomic E-state index is 0.00586. The van der Waals surface area contributed by atoms with Crippen LogP contribution in [0.25, 0.3) is 11.1 Å². The molecular formula is C25H26FN5O4. The summed E-state index contributed by atoms with van der Waals surface area (Å²) in [6.07, 6.45) is 5.13. The molecule has 3 N–H and O–H groups in total. The lowest BCUT2D eigenvalue weighted by molar-refractivity contribution is 0.0457. The van der Waals surface area contributed by atoms with Gasteiger partial charge in [-0.2, -0.15) is 0 Å². The number of alkyl carbamates (subject to hydrolysis) is 1. The second-order valence-corrected chi connectivity index (χ2v) is 9.27. The van der Waals surface area contributed by atoms with Crippen molar-refractivity contribution in [3.63, 3.8) is 0 Å². The van der Waals surface area contributed by atoms with Crippen molar-refractivity contribution in [2.45, 2.75) is 38.3 Å². The summed E-state index contributed by atoms with van der Waals surface area (Å²) in [5.41, 5.74) is 7.31. The summed E-state index contributed by atoms with van der Waals surface area (Å²) in [5, 5.41) is 6.40. The molecule has 10 heteroatoms. The van der Waals surface area contributed by atoms with Gasteiger partial charge in [0.05, 0.1) is 0 Å². The van der Waals surface area contributed by atoms with Crippen LogP contribution in [-0.2, 0) is 11.3 Å². The summed E-state index contributed by atoms with van der Waals surface area (Å²) < 4.78 is 23.3. The number of ether oxygens (including phenoxy) is 1. The fourth-order valence-electron chi connectivity index (χ4n) is 4.96. The van der Waals surface area contributed by atoms with E-state index in [1.54, 1.807) is 18.3 Å². The van der Waals surface area contributed by atoms with Crippen molar-refractivity contribution in [2.75, 3.05) is 18.0 Å². The number of nitrogens with zero attached hydrogens (tertiary/aromatic N) is 3. The van der Waals surface area contributed by atoms with E-state index in [0.29, 0.717) is 0 Å². The van der Waals surface area contributed by atoms with Crippen LogP contribution in [-0.4, -0.2) is 41.3 Å². The van der Waals surface area contributed by atoms with Gasteiger partial charge in [0.2, 0.25) is 0 Å². The monoisotopic (exact) mass is 479 g/mol. The first-order chi connectivity index (χ1) is 16.9. The van der Waals surface area contributed by atoms with Gasteiger partial charge in [0.15, 0.2) is 18.1 Å². The molecule has 2 amide bonds. The lowest BCUT2D eigenvalue weighted by Crippen LogP contribution is -2.55. The second kappa shape index (κ2) is 9.36. The number of hydrogen-bond acceptors (Lipinski definition) is 7. The molecule has 0 bridgehead atoms. The molecule has 2 aromatic heterocycles. The standard InChI is InChI=1S/C25H26FN5O4/c26-18-3-1-16(2-4-18)17-5-8-28-22(11-17)31-9-6-25(7-10-31)13-19(14-25)29-24(33)34-15-20-12-21(23(27)32)30-35-20/h1-5,8,11-12,19H,6-7,9-10,13-15H2,(H2,27,32)(H,29,33). The number of nitrogens with two attached hydrogens (primary N) is 1. The molecule has 1 aromatic carbocycles. The summed E-state index contributed by atoms with van der Waals surface area (Å²) in [6.45, 7) is 1.67. The first-order valence-electron chi connectivity index (χ1n) is 11.5. The molecule has 0 radical (unpaired) electrons. The largest absolute Gasteiger partial charge is 0.441 e. The number of carbonyl (C=O) groups excluding carboxylic acids is 2. The normalized spacial score (nSPS) is 17.1. The molecule has 0 unspecified atom stereocenters. The highest BCUT2D eigenvalue weighted by Gasteiger charge is 2.46. The topological polar surface area (TPSA) is 124 Å². The van der Waals surface area contributed by atoms with Gasteiger partial charge in [-0.25, -0.2) is 14.2 Å². The lowest BCUT2D eigenvalue weighted by Gasteiger charge is -2.52. The average molecular weight is 480 g/mol. The summed E-state index contributed by atoms with van der Waals surface area (Å²) in [6, 6.07) is 11.9. The molecule has 2 fully saturated rings. The van der Waals surface area contributed by atoms with Crippen molar-refractivity contribution in [3.05, 3.63) is 65.9 Å². The smallest absolute Gasteiger partial charge is 0.407 e. The summed E-state index contributed by atoms with van der Waals surface area (Å²) in [7, 11) is 0. The van der Waals surface area contributed by atoms with Crippen molar-refractivity contribution < 1.29 is 23.2 Å². The highest BCUT2D eigenvalue weighted by molar-refractivity contribution is 5.90. The van der Waals surface area contributed by atoms with Crippen molar-refractivity contribution in [3.8, 4) is 11.1 Å². The number of anilines is 1. The van der Waals surface area contributed by atoms with Gasteiger partial charge in [-0.3, -0.25) is 4.79 Å². The molecule has 9 nitrogen and oxygen atoms in total. The number of amides is 2. The zero-order valence-corrected chi connectivity index (χ0v) is 19.1.